The lowest BCUT2D eigenvalue weighted by Gasteiger charge is -2.17. The molecule has 1 aliphatic heterocycles. The number of amides is 1. The number of carbonyl (C=O) groups is 3. The van der Waals surface area contributed by atoms with Crippen LogP contribution in [0.2, 0.25) is 0 Å². The number of benzene rings is 1. The number of likely N-dealkylation sites (tertiary alicyclic amines) is 1. The van der Waals surface area contributed by atoms with Crippen LogP contribution in [0.5, 0.6) is 5.75 Å². The Labute approximate surface area is 139 Å². The van der Waals surface area contributed by atoms with Gasteiger partial charge in [0.1, 0.15) is 5.75 Å². The number of hydrogen-bond acceptors (Lipinski definition) is 4. The molecule has 2 rings (SSSR count). The predicted molar refractivity (Wildman–Crippen MR) is 83.8 cm³/mol. The minimum atomic E-state index is -2.33. The molecule has 1 unspecified atom stereocenters. The first-order chi connectivity index (χ1) is 11.3. The van der Waals surface area contributed by atoms with Crippen molar-refractivity contribution in [2.24, 2.45) is 0 Å². The van der Waals surface area contributed by atoms with Crippen molar-refractivity contribution >= 4 is 17.7 Å². The molecule has 0 aliphatic carbocycles. The van der Waals surface area contributed by atoms with Crippen LogP contribution in [0.4, 0.5) is 4.39 Å². The number of ether oxygens (including phenoxy) is 1. The van der Waals surface area contributed by atoms with Crippen LogP contribution in [0.1, 0.15) is 36.5 Å². The normalized spacial score (nSPS) is 20.0. The molecule has 1 atom stereocenters. The van der Waals surface area contributed by atoms with Gasteiger partial charge in [0.15, 0.2) is 5.78 Å². The van der Waals surface area contributed by atoms with Gasteiger partial charge in [0.25, 0.3) is 0 Å². The Bertz CT molecular complexity index is 648. The molecule has 130 valence electrons. The fourth-order valence-electron chi connectivity index (χ4n) is 2.54. The van der Waals surface area contributed by atoms with Crippen molar-refractivity contribution in [3.8, 4) is 5.75 Å². The van der Waals surface area contributed by atoms with Crippen molar-refractivity contribution in [3.05, 3.63) is 29.8 Å². The van der Waals surface area contributed by atoms with Crippen molar-refractivity contribution in [1.29, 1.82) is 0 Å². The van der Waals surface area contributed by atoms with Crippen molar-refractivity contribution in [1.82, 2.24) is 4.90 Å². The zero-order chi connectivity index (χ0) is 17.7. The summed E-state index contributed by atoms with van der Waals surface area (Å²) >= 11 is 0. The van der Waals surface area contributed by atoms with E-state index in [-0.39, 0.29) is 37.7 Å². The highest BCUT2D eigenvalue weighted by molar-refractivity contribution is 5.94. The molecule has 6 nitrogen and oxygen atoms in total. The minimum absolute atomic E-state index is 0.0576. The summed E-state index contributed by atoms with van der Waals surface area (Å²) in [5, 5.41) is 8.82. The van der Waals surface area contributed by atoms with E-state index in [1.165, 1.54) is 11.8 Å². The highest BCUT2D eigenvalue weighted by Gasteiger charge is 2.46. The van der Waals surface area contributed by atoms with E-state index in [2.05, 4.69) is 0 Å². The maximum absolute atomic E-state index is 13.9. The molecule has 7 heteroatoms. The largest absolute Gasteiger partial charge is 0.494 e. The Balaban J connectivity index is 1.75. The standard InChI is InChI=1S/C17H20FNO5/c1-12(20)13-4-2-5-14(10-13)24-9-3-6-15(21)19-8-7-17(18,11-19)16(22)23/h2,4-5,10H,3,6-9,11H2,1H3,(H,22,23). The van der Waals surface area contributed by atoms with Crippen molar-refractivity contribution in [2.45, 2.75) is 31.9 Å². The van der Waals surface area contributed by atoms with Crippen LogP contribution in [-0.4, -0.2) is 53.0 Å². The minimum Gasteiger partial charge on any atom is -0.494 e. The Morgan fingerprint density at radius 3 is 2.75 bits per heavy atom. The Kier molecular flexibility index (Phi) is 5.54. The van der Waals surface area contributed by atoms with Gasteiger partial charge in [0.05, 0.1) is 13.2 Å². The van der Waals surface area contributed by atoms with E-state index in [0.717, 1.165) is 0 Å². The molecule has 1 heterocycles. The average Bonchev–Trinajstić information content (AvgIpc) is 2.96. The molecular formula is C17H20FNO5. The third-order valence-electron chi connectivity index (χ3n) is 4.00. The number of halogens is 1. The van der Waals surface area contributed by atoms with Crippen LogP contribution in [0.25, 0.3) is 0 Å². The highest BCUT2D eigenvalue weighted by atomic mass is 19.1. The molecule has 1 amide bonds. The molecular weight excluding hydrogens is 317 g/mol. The number of carboxylic acids is 1. The van der Waals surface area contributed by atoms with Crippen LogP contribution in [0.3, 0.4) is 0 Å². The smallest absolute Gasteiger partial charge is 0.343 e. The van der Waals surface area contributed by atoms with E-state index < -0.39 is 18.2 Å². The number of hydrogen-bond donors (Lipinski definition) is 1. The zero-order valence-corrected chi connectivity index (χ0v) is 13.5. The average molecular weight is 337 g/mol. The second-order valence-corrected chi connectivity index (χ2v) is 5.87. The van der Waals surface area contributed by atoms with Crippen LogP contribution < -0.4 is 4.74 Å². The Hall–Kier alpha value is -2.44. The van der Waals surface area contributed by atoms with Gasteiger partial charge in [-0.3, -0.25) is 9.59 Å². The number of ketones is 1. The summed E-state index contributed by atoms with van der Waals surface area (Å²) in [5.41, 5.74) is -1.78. The van der Waals surface area contributed by atoms with Crippen molar-refractivity contribution in [2.75, 3.05) is 19.7 Å². The van der Waals surface area contributed by atoms with Crippen LogP contribution in [0, 0.1) is 0 Å². The van der Waals surface area contributed by atoms with Gasteiger partial charge >= 0.3 is 5.97 Å². The third kappa shape index (κ3) is 4.31. The topological polar surface area (TPSA) is 83.9 Å². The van der Waals surface area contributed by atoms with E-state index in [0.29, 0.717) is 17.7 Å². The number of carbonyl (C=O) groups excluding carboxylic acids is 2. The summed E-state index contributed by atoms with van der Waals surface area (Å²) in [6, 6.07) is 6.76. The number of aliphatic carboxylic acids is 1. The zero-order valence-electron chi connectivity index (χ0n) is 13.5. The van der Waals surface area contributed by atoms with Gasteiger partial charge < -0.3 is 14.7 Å². The first kappa shape index (κ1) is 17.9. The molecule has 0 aromatic heterocycles. The lowest BCUT2D eigenvalue weighted by Crippen LogP contribution is -2.38. The number of Topliss-reactive ketones (excluding diaryl/α,β-unsaturated/α-hetero) is 1. The summed E-state index contributed by atoms with van der Waals surface area (Å²) in [5.74, 6) is -1.31. The molecule has 24 heavy (non-hydrogen) atoms. The summed E-state index contributed by atoms with van der Waals surface area (Å²) in [6.07, 6.45) is 0.399. The first-order valence-electron chi connectivity index (χ1n) is 7.76. The van der Waals surface area contributed by atoms with Crippen LogP contribution >= 0.6 is 0 Å². The number of alkyl halides is 1. The second kappa shape index (κ2) is 7.42. The van der Waals surface area contributed by atoms with E-state index in [9.17, 15) is 18.8 Å². The van der Waals surface area contributed by atoms with E-state index in [4.69, 9.17) is 9.84 Å². The molecule has 1 aliphatic rings. The first-order valence-corrected chi connectivity index (χ1v) is 7.76. The quantitative estimate of drug-likeness (QED) is 0.608. The molecule has 0 spiro atoms. The van der Waals surface area contributed by atoms with Gasteiger partial charge in [-0.1, -0.05) is 12.1 Å². The van der Waals surface area contributed by atoms with E-state index >= 15 is 0 Å². The molecule has 1 aromatic rings. The van der Waals surface area contributed by atoms with Crippen molar-refractivity contribution < 1.29 is 28.6 Å². The molecule has 1 aromatic carbocycles. The third-order valence-corrected chi connectivity index (χ3v) is 4.00. The summed E-state index contributed by atoms with van der Waals surface area (Å²) in [7, 11) is 0. The molecule has 0 radical (unpaired) electrons. The molecule has 0 bridgehead atoms. The maximum Gasteiger partial charge on any atom is 0.343 e. The highest BCUT2D eigenvalue weighted by Crippen LogP contribution is 2.26. The predicted octanol–water partition coefficient (Wildman–Crippen LogP) is 2.07. The monoisotopic (exact) mass is 337 g/mol. The van der Waals surface area contributed by atoms with E-state index in [1.807, 2.05) is 0 Å². The molecule has 1 fully saturated rings. The summed E-state index contributed by atoms with van der Waals surface area (Å²) in [6.45, 7) is 1.46. The lowest BCUT2D eigenvalue weighted by atomic mass is 10.1. The maximum atomic E-state index is 13.9. The fourth-order valence-corrected chi connectivity index (χ4v) is 2.54. The lowest BCUT2D eigenvalue weighted by molar-refractivity contribution is -0.150. The van der Waals surface area contributed by atoms with Gasteiger partial charge in [0, 0.05) is 24.9 Å². The molecule has 1 saturated heterocycles. The van der Waals surface area contributed by atoms with Gasteiger partial charge in [-0.05, 0) is 25.5 Å². The van der Waals surface area contributed by atoms with Crippen LogP contribution in [-0.2, 0) is 9.59 Å². The Morgan fingerprint density at radius 2 is 2.12 bits per heavy atom. The Morgan fingerprint density at radius 1 is 1.38 bits per heavy atom. The number of nitrogens with zero attached hydrogens (tertiary/aromatic N) is 1. The summed E-state index contributed by atoms with van der Waals surface area (Å²) < 4.78 is 19.4. The number of carboxylic acid groups (broad SMARTS) is 1. The van der Waals surface area contributed by atoms with Gasteiger partial charge in [0.2, 0.25) is 11.6 Å². The number of rotatable bonds is 7. The molecule has 0 saturated carbocycles. The van der Waals surface area contributed by atoms with E-state index in [1.54, 1.807) is 24.3 Å². The van der Waals surface area contributed by atoms with Gasteiger partial charge in [-0.2, -0.15) is 0 Å². The van der Waals surface area contributed by atoms with Crippen molar-refractivity contribution in [3.63, 3.8) is 0 Å². The molecule has 1 N–H and O–H groups in total. The fraction of sp³-hybridized carbons (Fsp3) is 0.471. The summed E-state index contributed by atoms with van der Waals surface area (Å²) in [4.78, 5) is 35.3. The van der Waals surface area contributed by atoms with Gasteiger partial charge in [-0.15, -0.1) is 0 Å². The van der Waals surface area contributed by atoms with Gasteiger partial charge in [-0.25, -0.2) is 9.18 Å². The second-order valence-electron chi connectivity index (χ2n) is 5.87. The SMILES string of the molecule is CC(=O)c1cccc(OCCCC(=O)N2CCC(F)(C(=O)O)C2)c1. The van der Waals surface area contributed by atoms with Crippen LogP contribution in [0.15, 0.2) is 24.3 Å².